The van der Waals surface area contributed by atoms with Gasteiger partial charge in [0.15, 0.2) is 0 Å². The molecular weight excluding hydrogens is 212 g/mol. The van der Waals surface area contributed by atoms with E-state index in [0.29, 0.717) is 0 Å². The van der Waals surface area contributed by atoms with Gasteiger partial charge in [0.1, 0.15) is 11.4 Å². The number of hydrogen-bond acceptors (Lipinski definition) is 3. The number of rotatable bonds is 2. The lowest BCUT2D eigenvalue weighted by atomic mass is 10.0. The molecular formula is C14H14N2O. The summed E-state index contributed by atoms with van der Waals surface area (Å²) in [6.07, 6.45) is 2.85. The van der Waals surface area contributed by atoms with Crippen molar-refractivity contribution in [1.82, 2.24) is 4.98 Å². The van der Waals surface area contributed by atoms with E-state index in [1.54, 1.807) is 13.3 Å². The number of ether oxygens (including phenoxy) is 1. The summed E-state index contributed by atoms with van der Waals surface area (Å²) in [7, 11) is 1.68. The van der Waals surface area contributed by atoms with Gasteiger partial charge < -0.3 is 10.1 Å². The first kappa shape index (κ1) is 10.1. The number of pyridine rings is 1. The zero-order valence-electron chi connectivity index (χ0n) is 9.73. The summed E-state index contributed by atoms with van der Waals surface area (Å²) in [6.45, 7) is 1.00. The molecule has 1 aromatic carbocycles. The van der Waals surface area contributed by atoms with Gasteiger partial charge in [-0.3, -0.25) is 4.98 Å². The molecule has 1 aromatic heterocycles. The van der Waals surface area contributed by atoms with E-state index in [9.17, 15) is 0 Å². The van der Waals surface area contributed by atoms with Crippen molar-refractivity contribution in [3.63, 3.8) is 0 Å². The van der Waals surface area contributed by atoms with Crippen molar-refractivity contribution in [1.29, 1.82) is 0 Å². The van der Waals surface area contributed by atoms with Crippen LogP contribution in [0.1, 0.15) is 5.56 Å². The third kappa shape index (κ3) is 1.64. The molecule has 0 bridgehead atoms. The molecule has 0 saturated heterocycles. The topological polar surface area (TPSA) is 34.1 Å². The molecule has 0 atom stereocenters. The number of nitrogens with one attached hydrogen (secondary N) is 1. The zero-order valence-corrected chi connectivity index (χ0v) is 9.73. The molecule has 3 nitrogen and oxygen atoms in total. The number of methoxy groups -OCH3 is 1. The molecule has 1 aliphatic heterocycles. The highest BCUT2D eigenvalue weighted by Gasteiger charge is 2.17. The van der Waals surface area contributed by atoms with E-state index in [-0.39, 0.29) is 0 Å². The fraction of sp³-hybridized carbons (Fsp3) is 0.214. The molecule has 0 spiro atoms. The zero-order chi connectivity index (χ0) is 11.7. The number of benzene rings is 1. The van der Waals surface area contributed by atoms with Crippen LogP contribution in [0.25, 0.3) is 11.3 Å². The smallest absolute Gasteiger partial charge is 0.145 e. The van der Waals surface area contributed by atoms with E-state index >= 15 is 0 Å². The SMILES string of the molecule is COc1cccnc1-c1cccc2c1CCN2. The van der Waals surface area contributed by atoms with Gasteiger partial charge in [-0.05, 0) is 30.2 Å². The van der Waals surface area contributed by atoms with Gasteiger partial charge in [-0.15, -0.1) is 0 Å². The summed E-state index contributed by atoms with van der Waals surface area (Å²) in [5, 5.41) is 3.38. The lowest BCUT2D eigenvalue weighted by Crippen LogP contribution is -1.93. The number of hydrogen-bond donors (Lipinski definition) is 1. The minimum atomic E-state index is 0.827. The summed E-state index contributed by atoms with van der Waals surface area (Å²) in [5.74, 6) is 0.827. The van der Waals surface area contributed by atoms with Crippen molar-refractivity contribution in [2.24, 2.45) is 0 Å². The van der Waals surface area contributed by atoms with Gasteiger partial charge in [-0.25, -0.2) is 0 Å². The summed E-state index contributed by atoms with van der Waals surface area (Å²) < 4.78 is 5.38. The Hall–Kier alpha value is -2.03. The Morgan fingerprint density at radius 2 is 2.18 bits per heavy atom. The van der Waals surface area contributed by atoms with Crippen molar-refractivity contribution in [2.75, 3.05) is 19.0 Å². The third-order valence-corrected chi connectivity index (χ3v) is 3.11. The van der Waals surface area contributed by atoms with Crippen molar-refractivity contribution < 1.29 is 4.74 Å². The predicted octanol–water partition coefficient (Wildman–Crippen LogP) is 2.73. The van der Waals surface area contributed by atoms with Gasteiger partial charge in [0.25, 0.3) is 0 Å². The van der Waals surface area contributed by atoms with Crippen LogP contribution in [-0.4, -0.2) is 18.6 Å². The Bertz CT molecular complexity index is 552. The van der Waals surface area contributed by atoms with E-state index < -0.39 is 0 Å². The van der Waals surface area contributed by atoms with Crippen LogP contribution in [0.4, 0.5) is 5.69 Å². The first-order chi connectivity index (χ1) is 8.40. The summed E-state index contributed by atoms with van der Waals surface area (Å²) in [6, 6.07) is 10.1. The second-order valence-corrected chi connectivity index (χ2v) is 4.06. The molecule has 86 valence electrons. The summed E-state index contributed by atoms with van der Waals surface area (Å²) in [5.41, 5.74) is 4.65. The number of fused-ring (bicyclic) bond motifs is 1. The maximum absolute atomic E-state index is 5.38. The second kappa shape index (κ2) is 4.09. The van der Waals surface area contributed by atoms with Crippen molar-refractivity contribution in [3.05, 3.63) is 42.1 Å². The highest BCUT2D eigenvalue weighted by atomic mass is 16.5. The van der Waals surface area contributed by atoms with Crippen LogP contribution in [0.2, 0.25) is 0 Å². The number of aromatic nitrogens is 1. The molecule has 1 N–H and O–H groups in total. The molecule has 0 aliphatic carbocycles. The van der Waals surface area contributed by atoms with Crippen LogP contribution in [0.3, 0.4) is 0 Å². The van der Waals surface area contributed by atoms with E-state index in [1.165, 1.54) is 16.8 Å². The Morgan fingerprint density at radius 3 is 3.06 bits per heavy atom. The lowest BCUT2D eigenvalue weighted by Gasteiger charge is -2.10. The quantitative estimate of drug-likeness (QED) is 0.855. The van der Waals surface area contributed by atoms with Crippen LogP contribution >= 0.6 is 0 Å². The molecule has 3 rings (SSSR count). The fourth-order valence-corrected chi connectivity index (χ4v) is 2.32. The van der Waals surface area contributed by atoms with Gasteiger partial charge >= 0.3 is 0 Å². The van der Waals surface area contributed by atoms with Crippen LogP contribution < -0.4 is 10.1 Å². The Kier molecular flexibility index (Phi) is 2.44. The standard InChI is InChI=1S/C14H14N2O/c1-17-13-6-3-8-16-14(13)11-4-2-5-12-10(11)7-9-15-12/h2-6,8,15H,7,9H2,1H3. The van der Waals surface area contributed by atoms with Gasteiger partial charge in [-0.1, -0.05) is 12.1 Å². The molecule has 0 fully saturated rings. The number of nitrogens with zero attached hydrogens (tertiary/aromatic N) is 1. The van der Waals surface area contributed by atoms with Crippen molar-refractivity contribution >= 4 is 5.69 Å². The average Bonchev–Trinajstić information content (AvgIpc) is 2.86. The molecule has 0 saturated carbocycles. The van der Waals surface area contributed by atoms with Crippen molar-refractivity contribution in [2.45, 2.75) is 6.42 Å². The van der Waals surface area contributed by atoms with E-state index in [0.717, 1.165) is 24.4 Å². The van der Waals surface area contributed by atoms with Crippen LogP contribution in [0.5, 0.6) is 5.75 Å². The van der Waals surface area contributed by atoms with Crippen LogP contribution in [-0.2, 0) is 6.42 Å². The Balaban J connectivity index is 2.19. The molecule has 3 heteroatoms. The Labute approximate surface area is 100 Å². The maximum atomic E-state index is 5.38. The van der Waals surface area contributed by atoms with Gasteiger partial charge in [0.2, 0.25) is 0 Å². The van der Waals surface area contributed by atoms with E-state index in [2.05, 4.69) is 28.5 Å². The highest BCUT2D eigenvalue weighted by Crippen LogP contribution is 2.35. The average molecular weight is 226 g/mol. The van der Waals surface area contributed by atoms with Crippen molar-refractivity contribution in [3.8, 4) is 17.0 Å². The van der Waals surface area contributed by atoms with Crippen LogP contribution in [0, 0.1) is 0 Å². The summed E-state index contributed by atoms with van der Waals surface area (Å²) in [4.78, 5) is 4.44. The van der Waals surface area contributed by atoms with Gasteiger partial charge in [0.05, 0.1) is 7.11 Å². The normalized spacial score (nSPS) is 13.0. The monoisotopic (exact) mass is 226 g/mol. The van der Waals surface area contributed by atoms with Crippen LogP contribution in [0.15, 0.2) is 36.5 Å². The lowest BCUT2D eigenvalue weighted by molar-refractivity contribution is 0.415. The predicted molar refractivity (Wildman–Crippen MR) is 68.4 cm³/mol. The highest BCUT2D eigenvalue weighted by molar-refractivity contribution is 5.76. The maximum Gasteiger partial charge on any atom is 0.145 e. The minimum absolute atomic E-state index is 0.827. The molecule has 17 heavy (non-hydrogen) atoms. The van der Waals surface area contributed by atoms with E-state index in [1.807, 2.05) is 12.1 Å². The third-order valence-electron chi connectivity index (χ3n) is 3.11. The first-order valence-corrected chi connectivity index (χ1v) is 5.75. The molecule has 0 radical (unpaired) electrons. The minimum Gasteiger partial charge on any atom is -0.494 e. The molecule has 0 amide bonds. The van der Waals surface area contributed by atoms with Gasteiger partial charge in [-0.2, -0.15) is 0 Å². The largest absolute Gasteiger partial charge is 0.494 e. The Morgan fingerprint density at radius 1 is 1.24 bits per heavy atom. The number of anilines is 1. The first-order valence-electron chi connectivity index (χ1n) is 5.75. The van der Waals surface area contributed by atoms with E-state index in [4.69, 9.17) is 4.74 Å². The molecule has 0 unspecified atom stereocenters. The molecule has 1 aliphatic rings. The molecule has 2 heterocycles. The summed E-state index contributed by atoms with van der Waals surface area (Å²) >= 11 is 0. The van der Waals surface area contributed by atoms with Gasteiger partial charge in [0, 0.05) is 24.0 Å². The fourth-order valence-electron chi connectivity index (χ4n) is 2.32. The molecule has 2 aromatic rings. The second-order valence-electron chi connectivity index (χ2n) is 4.06.